The summed E-state index contributed by atoms with van der Waals surface area (Å²) in [5.74, 6) is -0.248. The van der Waals surface area contributed by atoms with Crippen LogP contribution in [0.2, 0.25) is 0 Å². The number of methoxy groups -OCH3 is 1. The lowest BCUT2D eigenvalue weighted by Crippen LogP contribution is -2.38. The molecular formula is C27H32N2O6. The van der Waals surface area contributed by atoms with Crippen LogP contribution < -0.4 is 9.47 Å². The topological polar surface area (TPSA) is 88.5 Å². The van der Waals surface area contributed by atoms with Gasteiger partial charge in [0.15, 0.2) is 0 Å². The van der Waals surface area contributed by atoms with Gasteiger partial charge < -0.3 is 24.2 Å². The summed E-state index contributed by atoms with van der Waals surface area (Å²) in [5.41, 5.74) is 1.24. The van der Waals surface area contributed by atoms with E-state index in [-0.39, 0.29) is 11.3 Å². The number of ether oxygens (including phenoxy) is 3. The molecule has 0 aliphatic carbocycles. The number of nitrogens with zero attached hydrogens (tertiary/aromatic N) is 2. The van der Waals surface area contributed by atoms with E-state index in [0.717, 1.165) is 25.2 Å². The molecule has 1 amide bonds. The molecule has 0 saturated carbocycles. The highest BCUT2D eigenvalue weighted by Gasteiger charge is 2.45. The van der Waals surface area contributed by atoms with Crippen LogP contribution in [0.25, 0.3) is 5.76 Å². The molecule has 2 saturated heterocycles. The predicted molar refractivity (Wildman–Crippen MR) is 131 cm³/mol. The number of aliphatic hydroxyl groups is 1. The number of likely N-dealkylation sites (tertiary alicyclic amines) is 1. The number of ketones is 1. The second-order valence-corrected chi connectivity index (χ2v) is 8.53. The lowest BCUT2D eigenvalue weighted by Gasteiger charge is -2.29. The van der Waals surface area contributed by atoms with Crippen LogP contribution in [0, 0.1) is 0 Å². The molecule has 0 spiro atoms. The van der Waals surface area contributed by atoms with Crippen molar-refractivity contribution in [1.82, 2.24) is 9.80 Å². The summed E-state index contributed by atoms with van der Waals surface area (Å²) in [7, 11) is 1.53. The molecular weight excluding hydrogens is 448 g/mol. The molecule has 0 radical (unpaired) electrons. The van der Waals surface area contributed by atoms with Crippen molar-refractivity contribution in [1.29, 1.82) is 0 Å². The predicted octanol–water partition coefficient (Wildman–Crippen LogP) is 3.24. The Labute approximate surface area is 205 Å². The molecule has 2 heterocycles. The second-order valence-electron chi connectivity index (χ2n) is 8.53. The van der Waals surface area contributed by atoms with E-state index in [1.165, 1.54) is 7.11 Å². The number of hydrogen-bond donors (Lipinski definition) is 1. The Balaban J connectivity index is 1.67. The maximum Gasteiger partial charge on any atom is 0.295 e. The Morgan fingerprint density at radius 1 is 1.06 bits per heavy atom. The zero-order valence-electron chi connectivity index (χ0n) is 20.2. The number of carbonyl (C=O) groups is 2. The fraction of sp³-hybridized carbons (Fsp3) is 0.407. The molecule has 8 nitrogen and oxygen atoms in total. The summed E-state index contributed by atoms with van der Waals surface area (Å²) in [6, 6.07) is 13.5. The van der Waals surface area contributed by atoms with Gasteiger partial charge in [0.25, 0.3) is 11.7 Å². The summed E-state index contributed by atoms with van der Waals surface area (Å²) in [5, 5.41) is 11.2. The lowest BCUT2D eigenvalue weighted by molar-refractivity contribution is -0.140. The molecule has 35 heavy (non-hydrogen) atoms. The highest BCUT2D eigenvalue weighted by molar-refractivity contribution is 6.46. The molecule has 8 heteroatoms. The van der Waals surface area contributed by atoms with Crippen LogP contribution in [-0.4, -0.2) is 79.7 Å². The van der Waals surface area contributed by atoms with Crippen LogP contribution in [0.1, 0.15) is 30.5 Å². The SMILES string of the molecule is CCOc1ccc([C@@H]2/C(=C(\O)c3cccc(OC)c3)C(=O)C(=O)N2CCCN2CCOCC2)cc1. The Morgan fingerprint density at radius 2 is 1.80 bits per heavy atom. The molecule has 0 unspecified atom stereocenters. The first-order valence-corrected chi connectivity index (χ1v) is 12.0. The first-order chi connectivity index (χ1) is 17.0. The average molecular weight is 481 g/mol. The summed E-state index contributed by atoms with van der Waals surface area (Å²) in [4.78, 5) is 30.2. The van der Waals surface area contributed by atoms with Crippen molar-refractivity contribution < 1.29 is 28.9 Å². The van der Waals surface area contributed by atoms with Crippen LogP contribution in [0.15, 0.2) is 54.1 Å². The van der Waals surface area contributed by atoms with Crippen molar-refractivity contribution in [3.05, 3.63) is 65.2 Å². The zero-order chi connectivity index (χ0) is 24.8. The molecule has 4 rings (SSSR count). The van der Waals surface area contributed by atoms with Crippen LogP contribution in [0.5, 0.6) is 11.5 Å². The number of morpholine rings is 1. The van der Waals surface area contributed by atoms with Gasteiger partial charge >= 0.3 is 0 Å². The van der Waals surface area contributed by atoms with E-state index < -0.39 is 17.7 Å². The Kier molecular flexibility index (Phi) is 8.05. The van der Waals surface area contributed by atoms with E-state index in [2.05, 4.69) is 4.90 Å². The quantitative estimate of drug-likeness (QED) is 0.335. The first kappa shape index (κ1) is 24.8. The molecule has 2 aromatic rings. The molecule has 1 atom stereocenters. The molecule has 2 aromatic carbocycles. The van der Waals surface area contributed by atoms with Gasteiger partial charge in [-0.2, -0.15) is 0 Å². The van der Waals surface area contributed by atoms with E-state index in [9.17, 15) is 14.7 Å². The molecule has 1 N–H and O–H groups in total. The number of aliphatic hydroxyl groups excluding tert-OH is 1. The van der Waals surface area contributed by atoms with Gasteiger partial charge in [0.2, 0.25) is 0 Å². The minimum Gasteiger partial charge on any atom is -0.507 e. The third-order valence-corrected chi connectivity index (χ3v) is 6.37. The van der Waals surface area contributed by atoms with Gasteiger partial charge in [0, 0.05) is 31.7 Å². The Morgan fingerprint density at radius 3 is 2.49 bits per heavy atom. The number of benzene rings is 2. The number of Topliss-reactive ketones (excluding diaryl/α,β-unsaturated/α-hetero) is 1. The van der Waals surface area contributed by atoms with E-state index in [0.29, 0.717) is 49.8 Å². The number of amides is 1. The molecule has 2 aliphatic rings. The Hall–Kier alpha value is -3.36. The highest BCUT2D eigenvalue weighted by atomic mass is 16.5. The normalized spacial score (nSPS) is 20.3. The van der Waals surface area contributed by atoms with Crippen LogP contribution in [0.4, 0.5) is 0 Å². The standard InChI is InChI=1S/C27H32N2O6/c1-3-35-21-10-8-19(9-11-21)24-23(25(30)20-6-4-7-22(18-20)33-2)26(31)27(32)29(24)13-5-12-28-14-16-34-17-15-28/h4,6-11,18,24,30H,3,5,12-17H2,1-2H3/b25-23+/t24-/m1/s1. The van der Waals surface area contributed by atoms with Gasteiger partial charge in [-0.25, -0.2) is 0 Å². The van der Waals surface area contributed by atoms with Gasteiger partial charge in [0.1, 0.15) is 17.3 Å². The third kappa shape index (κ3) is 5.49. The number of carbonyl (C=O) groups excluding carboxylic acids is 2. The molecule has 0 aromatic heterocycles. The van der Waals surface area contributed by atoms with Crippen LogP contribution in [0.3, 0.4) is 0 Å². The molecule has 2 aliphatic heterocycles. The van der Waals surface area contributed by atoms with Gasteiger partial charge in [0.05, 0.1) is 38.5 Å². The van der Waals surface area contributed by atoms with Crippen LogP contribution in [-0.2, 0) is 14.3 Å². The van der Waals surface area contributed by atoms with Crippen molar-refractivity contribution in [2.45, 2.75) is 19.4 Å². The minimum atomic E-state index is -0.693. The lowest BCUT2D eigenvalue weighted by atomic mass is 9.95. The largest absolute Gasteiger partial charge is 0.507 e. The first-order valence-electron chi connectivity index (χ1n) is 12.0. The summed E-state index contributed by atoms with van der Waals surface area (Å²) in [6.45, 7) is 6.77. The maximum absolute atomic E-state index is 13.2. The molecule has 186 valence electrons. The molecule has 0 bridgehead atoms. The van der Waals surface area contributed by atoms with Gasteiger partial charge in [-0.1, -0.05) is 24.3 Å². The van der Waals surface area contributed by atoms with E-state index in [1.807, 2.05) is 31.2 Å². The van der Waals surface area contributed by atoms with E-state index in [1.54, 1.807) is 29.2 Å². The zero-order valence-corrected chi connectivity index (χ0v) is 20.2. The maximum atomic E-state index is 13.2. The minimum absolute atomic E-state index is 0.0822. The summed E-state index contributed by atoms with van der Waals surface area (Å²) >= 11 is 0. The smallest absolute Gasteiger partial charge is 0.295 e. The van der Waals surface area contributed by atoms with Gasteiger partial charge in [-0.3, -0.25) is 14.5 Å². The van der Waals surface area contributed by atoms with E-state index >= 15 is 0 Å². The number of hydrogen-bond acceptors (Lipinski definition) is 7. The molecule has 2 fully saturated rings. The van der Waals surface area contributed by atoms with Gasteiger partial charge in [-0.15, -0.1) is 0 Å². The Bertz CT molecular complexity index is 1080. The van der Waals surface area contributed by atoms with Crippen LogP contribution >= 0.6 is 0 Å². The van der Waals surface area contributed by atoms with Crippen molar-refractivity contribution in [3.8, 4) is 11.5 Å². The monoisotopic (exact) mass is 480 g/mol. The van der Waals surface area contributed by atoms with Gasteiger partial charge in [-0.05, 0) is 43.2 Å². The summed E-state index contributed by atoms with van der Waals surface area (Å²) < 4.78 is 16.2. The van der Waals surface area contributed by atoms with Crippen molar-refractivity contribution >= 4 is 17.4 Å². The van der Waals surface area contributed by atoms with Crippen molar-refractivity contribution in [2.24, 2.45) is 0 Å². The second kappa shape index (κ2) is 11.4. The van der Waals surface area contributed by atoms with Crippen molar-refractivity contribution in [3.63, 3.8) is 0 Å². The average Bonchev–Trinajstić information content (AvgIpc) is 3.14. The number of rotatable bonds is 9. The van der Waals surface area contributed by atoms with E-state index in [4.69, 9.17) is 14.2 Å². The summed E-state index contributed by atoms with van der Waals surface area (Å²) in [6.07, 6.45) is 0.708. The fourth-order valence-corrected chi connectivity index (χ4v) is 4.59. The fourth-order valence-electron chi connectivity index (χ4n) is 4.59. The van der Waals surface area contributed by atoms with Crippen molar-refractivity contribution in [2.75, 3.05) is 53.1 Å². The highest BCUT2D eigenvalue weighted by Crippen LogP contribution is 2.40. The third-order valence-electron chi connectivity index (χ3n) is 6.37.